The van der Waals surface area contributed by atoms with Gasteiger partial charge in [-0.1, -0.05) is 6.92 Å². The summed E-state index contributed by atoms with van der Waals surface area (Å²) in [6.07, 6.45) is 0.979. The molecular formula is C13H22N2O2S. The first-order valence-corrected chi connectivity index (χ1v) is 7.13. The molecule has 2 unspecified atom stereocenters. The molecule has 1 aromatic heterocycles. The average molecular weight is 270 g/mol. The monoisotopic (exact) mass is 270 g/mol. The van der Waals surface area contributed by atoms with E-state index in [4.69, 9.17) is 0 Å². The topological polar surface area (TPSA) is 61.4 Å². The van der Waals surface area contributed by atoms with Gasteiger partial charge in [0.1, 0.15) is 0 Å². The van der Waals surface area contributed by atoms with Crippen LogP contribution in [0.15, 0.2) is 12.1 Å². The number of aliphatic hydroxyl groups is 1. The fourth-order valence-electron chi connectivity index (χ4n) is 1.56. The van der Waals surface area contributed by atoms with Gasteiger partial charge in [-0.05, 0) is 38.8 Å². The summed E-state index contributed by atoms with van der Waals surface area (Å²) < 4.78 is 0. The van der Waals surface area contributed by atoms with Gasteiger partial charge in [-0.25, -0.2) is 4.79 Å². The van der Waals surface area contributed by atoms with Crippen LogP contribution in [-0.2, 0) is 0 Å². The molecule has 1 rings (SSSR count). The predicted octanol–water partition coefficient (Wildman–Crippen LogP) is 2.58. The Bertz CT molecular complexity index is 379. The Labute approximate surface area is 112 Å². The van der Waals surface area contributed by atoms with E-state index in [0.29, 0.717) is 19.4 Å². The average Bonchev–Trinajstić information content (AvgIpc) is 2.75. The lowest BCUT2D eigenvalue weighted by atomic mass is 10.2. The van der Waals surface area contributed by atoms with Crippen molar-refractivity contribution in [1.82, 2.24) is 10.6 Å². The van der Waals surface area contributed by atoms with Gasteiger partial charge in [-0.3, -0.25) is 0 Å². The van der Waals surface area contributed by atoms with E-state index in [1.165, 1.54) is 4.88 Å². The number of carbonyl (C=O) groups is 1. The number of aliphatic hydroxyl groups excluding tert-OH is 1. The highest BCUT2D eigenvalue weighted by atomic mass is 32.1. The van der Waals surface area contributed by atoms with E-state index < -0.39 is 0 Å². The zero-order chi connectivity index (χ0) is 13.5. The molecule has 0 saturated heterocycles. The standard InChI is InChI=1S/C13H22N2O2S/c1-4-11(16)7-8-14-13(17)15-10(3)12-6-5-9(2)18-12/h5-6,10-11,16H,4,7-8H2,1-3H3,(H2,14,15,17). The smallest absolute Gasteiger partial charge is 0.315 e. The van der Waals surface area contributed by atoms with Gasteiger partial charge in [-0.15, -0.1) is 11.3 Å². The molecule has 0 aliphatic rings. The highest BCUT2D eigenvalue weighted by molar-refractivity contribution is 7.12. The molecule has 1 heterocycles. The fourth-order valence-corrected chi connectivity index (χ4v) is 2.44. The molecule has 0 radical (unpaired) electrons. The van der Waals surface area contributed by atoms with Gasteiger partial charge in [-0.2, -0.15) is 0 Å². The zero-order valence-corrected chi connectivity index (χ0v) is 12.0. The molecule has 3 N–H and O–H groups in total. The maximum absolute atomic E-state index is 11.6. The lowest BCUT2D eigenvalue weighted by Crippen LogP contribution is -2.38. The Morgan fingerprint density at radius 2 is 2.22 bits per heavy atom. The van der Waals surface area contributed by atoms with E-state index in [9.17, 15) is 9.90 Å². The zero-order valence-electron chi connectivity index (χ0n) is 11.2. The summed E-state index contributed by atoms with van der Waals surface area (Å²) in [6, 6.07) is 3.91. The van der Waals surface area contributed by atoms with Gasteiger partial charge in [0.15, 0.2) is 0 Å². The summed E-state index contributed by atoms with van der Waals surface area (Å²) in [7, 11) is 0. The summed E-state index contributed by atoms with van der Waals surface area (Å²) in [5.41, 5.74) is 0. The Morgan fingerprint density at radius 3 is 2.78 bits per heavy atom. The number of hydrogen-bond acceptors (Lipinski definition) is 3. The Kier molecular flexibility index (Phi) is 6.15. The van der Waals surface area contributed by atoms with Crippen molar-refractivity contribution in [2.75, 3.05) is 6.54 Å². The number of aryl methyl sites for hydroxylation is 1. The molecule has 2 amide bonds. The molecule has 0 aliphatic heterocycles. The van der Waals surface area contributed by atoms with Crippen LogP contribution < -0.4 is 10.6 Å². The van der Waals surface area contributed by atoms with E-state index in [-0.39, 0.29) is 18.2 Å². The molecule has 4 nitrogen and oxygen atoms in total. The second-order valence-corrected chi connectivity index (χ2v) is 5.74. The minimum atomic E-state index is -0.331. The Hall–Kier alpha value is -1.07. The first kappa shape index (κ1) is 15.0. The normalized spacial score (nSPS) is 14.0. The van der Waals surface area contributed by atoms with E-state index in [0.717, 1.165) is 4.88 Å². The fraction of sp³-hybridized carbons (Fsp3) is 0.615. The SMILES string of the molecule is CCC(O)CCNC(=O)NC(C)c1ccc(C)s1. The molecule has 0 aliphatic carbocycles. The predicted molar refractivity (Wildman–Crippen MR) is 74.9 cm³/mol. The van der Waals surface area contributed by atoms with Crippen LogP contribution in [0.4, 0.5) is 4.79 Å². The number of hydrogen-bond donors (Lipinski definition) is 3. The number of carbonyl (C=O) groups excluding carboxylic acids is 1. The molecule has 2 atom stereocenters. The van der Waals surface area contributed by atoms with E-state index >= 15 is 0 Å². The van der Waals surface area contributed by atoms with E-state index in [1.54, 1.807) is 11.3 Å². The third-order valence-electron chi connectivity index (χ3n) is 2.77. The van der Waals surface area contributed by atoms with Crippen LogP contribution in [0.2, 0.25) is 0 Å². The molecule has 0 fully saturated rings. The molecule has 0 saturated carbocycles. The largest absolute Gasteiger partial charge is 0.393 e. The van der Waals surface area contributed by atoms with Crippen LogP contribution in [0.5, 0.6) is 0 Å². The molecule has 0 bridgehead atoms. The second-order valence-electron chi connectivity index (χ2n) is 4.42. The van der Waals surface area contributed by atoms with E-state index in [2.05, 4.69) is 10.6 Å². The molecule has 18 heavy (non-hydrogen) atoms. The molecule has 0 aromatic carbocycles. The maximum Gasteiger partial charge on any atom is 0.315 e. The summed E-state index contributed by atoms with van der Waals surface area (Å²) in [5.74, 6) is 0. The van der Waals surface area contributed by atoms with Crippen molar-refractivity contribution in [3.05, 3.63) is 21.9 Å². The second kappa shape index (κ2) is 7.38. The minimum Gasteiger partial charge on any atom is -0.393 e. The van der Waals surface area contributed by atoms with Crippen molar-refractivity contribution in [2.45, 2.75) is 45.8 Å². The molecule has 102 valence electrons. The summed E-state index contributed by atoms with van der Waals surface area (Å²) >= 11 is 1.69. The number of urea groups is 1. The first-order chi connectivity index (χ1) is 8.52. The lowest BCUT2D eigenvalue weighted by Gasteiger charge is -2.14. The van der Waals surface area contributed by atoms with Crippen LogP contribution in [0.3, 0.4) is 0 Å². The van der Waals surface area contributed by atoms with Crippen LogP contribution in [0.25, 0.3) is 0 Å². The van der Waals surface area contributed by atoms with Crippen molar-refractivity contribution in [3.8, 4) is 0 Å². The number of amides is 2. The Balaban J connectivity index is 2.27. The summed E-state index contributed by atoms with van der Waals surface area (Å²) in [6.45, 7) is 6.43. The number of thiophene rings is 1. The van der Waals surface area contributed by atoms with Crippen LogP contribution in [0, 0.1) is 6.92 Å². The lowest BCUT2D eigenvalue weighted by molar-refractivity contribution is 0.160. The maximum atomic E-state index is 11.6. The minimum absolute atomic E-state index is 0.0137. The van der Waals surface area contributed by atoms with Gasteiger partial charge in [0.2, 0.25) is 0 Å². The van der Waals surface area contributed by atoms with Gasteiger partial charge in [0, 0.05) is 16.3 Å². The molecular weight excluding hydrogens is 248 g/mol. The van der Waals surface area contributed by atoms with Crippen molar-refractivity contribution in [2.24, 2.45) is 0 Å². The molecule has 5 heteroatoms. The molecule has 0 spiro atoms. The van der Waals surface area contributed by atoms with Crippen molar-refractivity contribution in [1.29, 1.82) is 0 Å². The van der Waals surface area contributed by atoms with Gasteiger partial charge < -0.3 is 15.7 Å². The summed E-state index contributed by atoms with van der Waals surface area (Å²) in [5, 5.41) is 15.0. The first-order valence-electron chi connectivity index (χ1n) is 6.31. The third-order valence-corrected chi connectivity index (χ3v) is 3.95. The summed E-state index contributed by atoms with van der Waals surface area (Å²) in [4.78, 5) is 14.0. The van der Waals surface area contributed by atoms with Crippen molar-refractivity contribution < 1.29 is 9.90 Å². The van der Waals surface area contributed by atoms with Crippen molar-refractivity contribution >= 4 is 17.4 Å². The quantitative estimate of drug-likeness (QED) is 0.744. The third kappa shape index (κ3) is 5.06. The van der Waals surface area contributed by atoms with Gasteiger partial charge in [0.25, 0.3) is 0 Å². The highest BCUT2D eigenvalue weighted by Crippen LogP contribution is 2.21. The molecule has 1 aromatic rings. The van der Waals surface area contributed by atoms with Crippen LogP contribution in [-0.4, -0.2) is 23.8 Å². The van der Waals surface area contributed by atoms with Crippen LogP contribution in [0.1, 0.15) is 42.5 Å². The van der Waals surface area contributed by atoms with E-state index in [1.807, 2.05) is 32.9 Å². The Morgan fingerprint density at radius 1 is 1.50 bits per heavy atom. The highest BCUT2D eigenvalue weighted by Gasteiger charge is 2.11. The van der Waals surface area contributed by atoms with Crippen molar-refractivity contribution in [3.63, 3.8) is 0 Å². The van der Waals surface area contributed by atoms with Crippen LogP contribution >= 0.6 is 11.3 Å². The number of rotatable bonds is 6. The van der Waals surface area contributed by atoms with Gasteiger partial charge >= 0.3 is 6.03 Å². The number of nitrogens with one attached hydrogen (secondary N) is 2. The van der Waals surface area contributed by atoms with Gasteiger partial charge in [0.05, 0.1) is 12.1 Å².